The van der Waals surface area contributed by atoms with Gasteiger partial charge in [0, 0.05) is 31.6 Å². The van der Waals surface area contributed by atoms with Gasteiger partial charge in [0.1, 0.15) is 5.82 Å². The molecule has 124 valence electrons. The van der Waals surface area contributed by atoms with Gasteiger partial charge < -0.3 is 0 Å². The number of benzene rings is 1. The summed E-state index contributed by atoms with van der Waals surface area (Å²) >= 11 is 0. The van der Waals surface area contributed by atoms with Gasteiger partial charge in [-0.25, -0.2) is 13.4 Å². The molecule has 0 aliphatic carbocycles. The molecule has 8 nitrogen and oxygen atoms in total. The zero-order chi connectivity index (χ0) is 17.2. The average Bonchev–Trinajstić information content (AvgIpc) is 2.95. The lowest BCUT2D eigenvalue weighted by Crippen LogP contribution is -2.28. The fraction of sp³-hybridized carbons (Fsp3) is 0.250. The highest BCUT2D eigenvalue weighted by Gasteiger charge is 2.24. The Labute approximate surface area is 130 Å². The summed E-state index contributed by atoms with van der Waals surface area (Å²) in [6.45, 7) is -3.19. The highest BCUT2D eigenvalue weighted by Crippen LogP contribution is 2.21. The number of non-ortho nitro benzene ring substituents is 1. The molecule has 0 radical (unpaired) electrons. The van der Waals surface area contributed by atoms with E-state index in [1.54, 1.807) is 0 Å². The maximum atomic E-state index is 12.7. The van der Waals surface area contributed by atoms with Gasteiger partial charge in [0.15, 0.2) is 0 Å². The molecule has 0 unspecified atom stereocenters. The van der Waals surface area contributed by atoms with E-state index in [1.165, 1.54) is 7.05 Å². The van der Waals surface area contributed by atoms with E-state index in [2.05, 4.69) is 4.98 Å². The number of nitro benzene ring substituents is 1. The Balaban J connectivity index is 2.24. The van der Waals surface area contributed by atoms with Crippen LogP contribution in [-0.2, 0) is 16.6 Å². The molecule has 0 bridgehead atoms. The molecule has 0 aliphatic rings. The van der Waals surface area contributed by atoms with Crippen LogP contribution in [-0.4, -0.2) is 34.2 Å². The molecule has 0 aliphatic heterocycles. The molecule has 11 heteroatoms. The third-order valence-corrected chi connectivity index (χ3v) is 4.90. The number of aromatic nitrogens is 2. The molecule has 1 aromatic heterocycles. The molecular formula is C12H12F2N4O4S. The quantitative estimate of drug-likeness (QED) is 0.588. The second kappa shape index (κ2) is 6.38. The van der Waals surface area contributed by atoms with Crippen LogP contribution in [0.5, 0.6) is 0 Å². The molecule has 0 atom stereocenters. The van der Waals surface area contributed by atoms with Crippen LogP contribution in [0.3, 0.4) is 0 Å². The Morgan fingerprint density at radius 1 is 1.35 bits per heavy atom. The van der Waals surface area contributed by atoms with Crippen molar-refractivity contribution in [3.05, 3.63) is 52.6 Å². The number of nitrogens with zero attached hydrogens (tertiary/aromatic N) is 4. The molecule has 0 saturated carbocycles. The molecule has 0 fully saturated rings. The van der Waals surface area contributed by atoms with E-state index in [9.17, 15) is 27.3 Å². The van der Waals surface area contributed by atoms with E-state index in [1.807, 2.05) is 0 Å². The third kappa shape index (κ3) is 3.51. The van der Waals surface area contributed by atoms with Crippen LogP contribution in [0.1, 0.15) is 12.4 Å². The normalized spacial score (nSPS) is 12.0. The van der Waals surface area contributed by atoms with Crippen molar-refractivity contribution in [2.45, 2.75) is 18.0 Å². The smallest absolute Gasteiger partial charge is 0.277 e. The van der Waals surface area contributed by atoms with Crippen LogP contribution in [0.25, 0.3) is 0 Å². The number of alkyl halides is 2. The van der Waals surface area contributed by atoms with Crippen molar-refractivity contribution >= 4 is 15.7 Å². The standard InChI is InChI=1S/C12H12F2N4O4S/c1-16(8-11-15-6-7-17(11)12(13)14)23(21,22)10-4-2-9(3-5-10)18(19)20/h2-7,12H,8H2,1H3. The van der Waals surface area contributed by atoms with E-state index >= 15 is 0 Å². The topological polar surface area (TPSA) is 98.3 Å². The molecule has 1 heterocycles. The van der Waals surface area contributed by atoms with Crippen molar-refractivity contribution in [3.63, 3.8) is 0 Å². The van der Waals surface area contributed by atoms with Gasteiger partial charge in [0.05, 0.1) is 16.4 Å². The fourth-order valence-corrected chi connectivity index (χ4v) is 2.97. The average molecular weight is 346 g/mol. The number of hydrogen-bond acceptors (Lipinski definition) is 5. The van der Waals surface area contributed by atoms with E-state index in [0.29, 0.717) is 4.57 Å². The highest BCUT2D eigenvalue weighted by atomic mass is 32.2. The zero-order valence-corrected chi connectivity index (χ0v) is 12.7. The maximum absolute atomic E-state index is 12.7. The monoisotopic (exact) mass is 346 g/mol. The fourth-order valence-electron chi connectivity index (χ4n) is 1.85. The number of hydrogen-bond donors (Lipinski definition) is 0. The second-order valence-electron chi connectivity index (χ2n) is 4.54. The van der Waals surface area contributed by atoms with Crippen molar-refractivity contribution in [1.29, 1.82) is 0 Å². The molecule has 0 spiro atoms. The predicted molar refractivity (Wildman–Crippen MR) is 75.2 cm³/mol. The van der Waals surface area contributed by atoms with E-state index < -0.39 is 21.5 Å². The SMILES string of the molecule is CN(Cc1nccn1C(F)F)S(=O)(=O)c1ccc([N+](=O)[O-])cc1. The molecule has 0 amide bonds. The summed E-state index contributed by atoms with van der Waals surface area (Å²) in [5.41, 5.74) is -0.250. The summed E-state index contributed by atoms with van der Waals surface area (Å²) in [7, 11) is -2.78. The molecule has 0 N–H and O–H groups in total. The van der Waals surface area contributed by atoms with E-state index in [4.69, 9.17) is 0 Å². The molecular weight excluding hydrogens is 334 g/mol. The second-order valence-corrected chi connectivity index (χ2v) is 6.59. The summed E-state index contributed by atoms with van der Waals surface area (Å²) < 4.78 is 51.6. The minimum atomic E-state index is -3.99. The first-order valence-electron chi connectivity index (χ1n) is 6.24. The predicted octanol–water partition coefficient (Wildman–Crippen LogP) is 2.01. The van der Waals surface area contributed by atoms with Crippen LogP contribution >= 0.6 is 0 Å². The summed E-state index contributed by atoms with van der Waals surface area (Å²) in [4.78, 5) is 13.4. The van der Waals surface area contributed by atoms with Crippen molar-refractivity contribution < 1.29 is 22.1 Å². The summed E-state index contributed by atoms with van der Waals surface area (Å²) in [6.07, 6.45) is 2.19. The van der Waals surface area contributed by atoms with Crippen molar-refractivity contribution in [3.8, 4) is 0 Å². The lowest BCUT2D eigenvalue weighted by atomic mass is 10.3. The first kappa shape index (κ1) is 17.0. The lowest BCUT2D eigenvalue weighted by Gasteiger charge is -2.17. The number of rotatable bonds is 6. The van der Waals surface area contributed by atoms with Gasteiger partial charge in [-0.05, 0) is 12.1 Å². The molecule has 2 rings (SSSR count). The highest BCUT2D eigenvalue weighted by molar-refractivity contribution is 7.89. The van der Waals surface area contributed by atoms with Gasteiger partial charge in [0.25, 0.3) is 5.69 Å². The zero-order valence-electron chi connectivity index (χ0n) is 11.8. The van der Waals surface area contributed by atoms with Crippen molar-refractivity contribution in [2.75, 3.05) is 7.05 Å². The Kier molecular flexibility index (Phi) is 4.71. The molecule has 2 aromatic rings. The minimum absolute atomic E-state index is 0.118. The Morgan fingerprint density at radius 2 is 1.96 bits per heavy atom. The minimum Gasteiger partial charge on any atom is -0.277 e. The van der Waals surface area contributed by atoms with Crippen molar-refractivity contribution in [2.24, 2.45) is 0 Å². The third-order valence-electron chi connectivity index (χ3n) is 3.08. The molecule has 0 saturated heterocycles. The molecule has 1 aromatic carbocycles. The Hall–Kier alpha value is -2.40. The molecule has 23 heavy (non-hydrogen) atoms. The lowest BCUT2D eigenvalue weighted by molar-refractivity contribution is -0.384. The van der Waals surface area contributed by atoms with Gasteiger partial charge in [-0.3, -0.25) is 14.7 Å². The van der Waals surface area contributed by atoms with E-state index in [-0.39, 0.29) is 23.0 Å². The Bertz CT molecular complexity index is 805. The number of halogens is 2. The van der Waals surface area contributed by atoms with Crippen LogP contribution in [0.15, 0.2) is 41.6 Å². The van der Waals surface area contributed by atoms with Gasteiger partial charge in [-0.1, -0.05) is 0 Å². The van der Waals surface area contributed by atoms with Gasteiger partial charge in [-0.15, -0.1) is 0 Å². The van der Waals surface area contributed by atoms with Crippen molar-refractivity contribution in [1.82, 2.24) is 13.9 Å². The van der Waals surface area contributed by atoms with Crippen LogP contribution in [0.4, 0.5) is 14.5 Å². The van der Waals surface area contributed by atoms with Gasteiger partial charge >= 0.3 is 6.55 Å². The maximum Gasteiger partial charge on any atom is 0.319 e. The summed E-state index contributed by atoms with van der Waals surface area (Å²) in [5.74, 6) is -0.118. The first-order chi connectivity index (χ1) is 10.7. The van der Waals surface area contributed by atoms with E-state index in [0.717, 1.165) is 41.0 Å². The van der Waals surface area contributed by atoms with Gasteiger partial charge in [-0.2, -0.15) is 13.1 Å². The number of sulfonamides is 1. The van der Waals surface area contributed by atoms with Crippen LogP contribution in [0.2, 0.25) is 0 Å². The van der Waals surface area contributed by atoms with Gasteiger partial charge in [0.2, 0.25) is 10.0 Å². The first-order valence-corrected chi connectivity index (χ1v) is 7.68. The Morgan fingerprint density at radius 3 is 2.48 bits per heavy atom. The van der Waals surface area contributed by atoms with Crippen LogP contribution < -0.4 is 0 Å². The number of imidazole rings is 1. The number of nitro groups is 1. The van der Waals surface area contributed by atoms with Crippen LogP contribution in [0, 0.1) is 10.1 Å². The summed E-state index contributed by atoms with van der Waals surface area (Å²) in [6, 6.07) is 4.29. The largest absolute Gasteiger partial charge is 0.319 e. The summed E-state index contributed by atoms with van der Waals surface area (Å²) in [5, 5.41) is 10.6.